The van der Waals surface area contributed by atoms with E-state index in [9.17, 15) is 17.6 Å². The van der Waals surface area contributed by atoms with Crippen LogP contribution in [0.15, 0.2) is 29.2 Å². The van der Waals surface area contributed by atoms with Crippen LogP contribution >= 0.6 is 0 Å². The van der Waals surface area contributed by atoms with E-state index in [0.29, 0.717) is 25.9 Å². The Labute approximate surface area is 149 Å². The highest BCUT2D eigenvalue weighted by atomic mass is 32.2. The van der Waals surface area contributed by atoms with Crippen LogP contribution < -0.4 is 5.32 Å². The minimum Gasteiger partial charge on any atom is -0.356 e. The van der Waals surface area contributed by atoms with Crippen LogP contribution in [0.4, 0.5) is 4.39 Å². The van der Waals surface area contributed by atoms with Crippen molar-refractivity contribution in [2.75, 3.05) is 40.3 Å². The van der Waals surface area contributed by atoms with Gasteiger partial charge in [-0.05, 0) is 64.2 Å². The van der Waals surface area contributed by atoms with Gasteiger partial charge in [-0.25, -0.2) is 12.8 Å². The average Bonchev–Trinajstić information content (AvgIpc) is 2.59. The Morgan fingerprint density at radius 3 is 2.64 bits per heavy atom. The number of amides is 1. The van der Waals surface area contributed by atoms with E-state index in [2.05, 4.69) is 5.32 Å². The first-order chi connectivity index (χ1) is 11.8. The first-order valence-electron chi connectivity index (χ1n) is 8.49. The molecule has 1 atom stereocenters. The summed E-state index contributed by atoms with van der Waals surface area (Å²) in [5.74, 6) is -0.923. The van der Waals surface area contributed by atoms with Crippen molar-refractivity contribution in [3.05, 3.63) is 30.1 Å². The molecule has 1 aliphatic rings. The minimum atomic E-state index is -3.70. The molecule has 0 spiro atoms. The number of hydrogen-bond acceptors (Lipinski definition) is 4. The molecule has 1 aromatic rings. The van der Waals surface area contributed by atoms with Crippen molar-refractivity contribution >= 4 is 15.9 Å². The summed E-state index contributed by atoms with van der Waals surface area (Å²) >= 11 is 0. The molecule has 140 valence electrons. The number of hydrogen-bond donors (Lipinski definition) is 1. The summed E-state index contributed by atoms with van der Waals surface area (Å²) in [5, 5.41) is 2.89. The first kappa shape index (κ1) is 19.8. The Kier molecular flexibility index (Phi) is 6.92. The number of rotatable bonds is 7. The summed E-state index contributed by atoms with van der Waals surface area (Å²) in [4.78, 5) is 14.4. The van der Waals surface area contributed by atoms with Gasteiger partial charge >= 0.3 is 0 Å². The van der Waals surface area contributed by atoms with Crippen molar-refractivity contribution in [1.29, 1.82) is 0 Å². The van der Waals surface area contributed by atoms with Crippen LogP contribution in [0.25, 0.3) is 0 Å². The number of piperidine rings is 1. The summed E-state index contributed by atoms with van der Waals surface area (Å²) in [6.07, 6.45) is 2.16. The third kappa shape index (κ3) is 5.49. The van der Waals surface area contributed by atoms with Gasteiger partial charge < -0.3 is 10.2 Å². The van der Waals surface area contributed by atoms with E-state index in [1.54, 1.807) is 0 Å². The zero-order chi connectivity index (χ0) is 18.4. The molecular weight excluding hydrogens is 345 g/mol. The zero-order valence-corrected chi connectivity index (χ0v) is 15.6. The third-order valence-electron chi connectivity index (χ3n) is 4.29. The van der Waals surface area contributed by atoms with Crippen LogP contribution in [0.3, 0.4) is 0 Å². The van der Waals surface area contributed by atoms with E-state index in [-0.39, 0.29) is 23.3 Å². The first-order valence-corrected chi connectivity index (χ1v) is 9.93. The lowest BCUT2D eigenvalue weighted by Gasteiger charge is -2.31. The van der Waals surface area contributed by atoms with Gasteiger partial charge in [-0.1, -0.05) is 0 Å². The number of halogens is 1. The molecule has 1 aromatic carbocycles. The normalized spacial score (nSPS) is 19.1. The van der Waals surface area contributed by atoms with E-state index < -0.39 is 15.8 Å². The molecule has 2 rings (SSSR count). The van der Waals surface area contributed by atoms with Gasteiger partial charge in [0.2, 0.25) is 15.9 Å². The molecule has 6 nitrogen and oxygen atoms in total. The molecule has 0 aromatic heterocycles. The van der Waals surface area contributed by atoms with E-state index in [0.717, 1.165) is 25.1 Å². The second-order valence-electron chi connectivity index (χ2n) is 6.60. The molecule has 0 bridgehead atoms. The van der Waals surface area contributed by atoms with Crippen LogP contribution in [0.5, 0.6) is 0 Å². The second kappa shape index (κ2) is 8.73. The molecule has 0 unspecified atom stereocenters. The van der Waals surface area contributed by atoms with E-state index in [1.807, 2.05) is 19.0 Å². The fraction of sp³-hybridized carbons (Fsp3) is 0.588. The minimum absolute atomic E-state index is 0.0564. The predicted molar refractivity (Wildman–Crippen MR) is 94.1 cm³/mol. The van der Waals surface area contributed by atoms with Crippen LogP contribution in [0, 0.1) is 11.7 Å². The largest absolute Gasteiger partial charge is 0.356 e. The van der Waals surface area contributed by atoms with E-state index >= 15 is 0 Å². The summed E-state index contributed by atoms with van der Waals surface area (Å²) in [5.41, 5.74) is 0. The van der Waals surface area contributed by atoms with Crippen molar-refractivity contribution in [3.63, 3.8) is 0 Å². The van der Waals surface area contributed by atoms with Crippen molar-refractivity contribution in [2.24, 2.45) is 5.92 Å². The van der Waals surface area contributed by atoms with E-state index in [4.69, 9.17) is 0 Å². The zero-order valence-electron chi connectivity index (χ0n) is 14.7. The summed E-state index contributed by atoms with van der Waals surface area (Å²) < 4.78 is 39.7. The Morgan fingerprint density at radius 2 is 2.00 bits per heavy atom. The maximum absolute atomic E-state index is 13.0. The number of nitrogens with one attached hydrogen (secondary N) is 1. The monoisotopic (exact) mass is 371 g/mol. The van der Waals surface area contributed by atoms with Crippen molar-refractivity contribution in [3.8, 4) is 0 Å². The van der Waals surface area contributed by atoms with Crippen LogP contribution in [0.2, 0.25) is 0 Å². The molecule has 1 fully saturated rings. The maximum Gasteiger partial charge on any atom is 0.243 e. The lowest BCUT2D eigenvalue weighted by atomic mass is 9.99. The van der Waals surface area contributed by atoms with Gasteiger partial charge in [-0.3, -0.25) is 4.79 Å². The van der Waals surface area contributed by atoms with Crippen molar-refractivity contribution in [2.45, 2.75) is 24.2 Å². The molecule has 1 saturated heterocycles. The molecule has 0 radical (unpaired) electrons. The van der Waals surface area contributed by atoms with Crippen molar-refractivity contribution in [1.82, 2.24) is 14.5 Å². The molecule has 8 heteroatoms. The Hall–Kier alpha value is -1.51. The van der Waals surface area contributed by atoms with Gasteiger partial charge in [0.1, 0.15) is 5.82 Å². The quantitative estimate of drug-likeness (QED) is 0.734. The van der Waals surface area contributed by atoms with E-state index in [1.165, 1.54) is 16.4 Å². The average molecular weight is 371 g/mol. The molecule has 1 aliphatic heterocycles. The Bertz CT molecular complexity index is 677. The summed E-state index contributed by atoms with van der Waals surface area (Å²) in [6.45, 7) is 2.01. The SMILES string of the molecule is CN(C)CCCNC(=O)[C@H]1CCCN(S(=O)(=O)c2ccc(F)cc2)C1. The smallest absolute Gasteiger partial charge is 0.243 e. The fourth-order valence-electron chi connectivity index (χ4n) is 2.88. The van der Waals surface area contributed by atoms with Gasteiger partial charge in [-0.2, -0.15) is 4.31 Å². The molecule has 0 saturated carbocycles. The maximum atomic E-state index is 13.0. The van der Waals surface area contributed by atoms with Gasteiger partial charge in [-0.15, -0.1) is 0 Å². The molecular formula is C17H26FN3O3S. The lowest BCUT2D eigenvalue weighted by Crippen LogP contribution is -2.45. The molecule has 1 amide bonds. The van der Waals surface area contributed by atoms with Gasteiger partial charge in [0.15, 0.2) is 0 Å². The van der Waals surface area contributed by atoms with Crippen molar-refractivity contribution < 1.29 is 17.6 Å². The molecule has 25 heavy (non-hydrogen) atoms. The van der Waals surface area contributed by atoms with Gasteiger partial charge in [0.25, 0.3) is 0 Å². The van der Waals surface area contributed by atoms with Crippen LogP contribution in [-0.4, -0.2) is 63.8 Å². The molecule has 0 aliphatic carbocycles. The number of benzene rings is 1. The van der Waals surface area contributed by atoms with Crippen LogP contribution in [-0.2, 0) is 14.8 Å². The standard InChI is InChI=1S/C17H26FN3O3S/c1-20(2)11-4-10-19-17(22)14-5-3-12-21(13-14)25(23,24)16-8-6-15(18)7-9-16/h6-9,14H,3-5,10-13H2,1-2H3,(H,19,22)/t14-/m0/s1. The molecule has 1 N–H and O–H groups in total. The van der Waals surface area contributed by atoms with Crippen LogP contribution in [0.1, 0.15) is 19.3 Å². The number of carbonyl (C=O) groups is 1. The number of sulfonamides is 1. The fourth-order valence-corrected chi connectivity index (χ4v) is 4.41. The molecule has 1 heterocycles. The summed E-state index contributed by atoms with van der Waals surface area (Å²) in [7, 11) is 0.245. The summed E-state index contributed by atoms with van der Waals surface area (Å²) in [6, 6.07) is 4.78. The Balaban J connectivity index is 1.95. The topological polar surface area (TPSA) is 69.7 Å². The second-order valence-corrected chi connectivity index (χ2v) is 8.54. The number of carbonyl (C=O) groups excluding carboxylic acids is 1. The Morgan fingerprint density at radius 1 is 1.32 bits per heavy atom. The van der Waals surface area contributed by atoms with Gasteiger partial charge in [0, 0.05) is 19.6 Å². The highest BCUT2D eigenvalue weighted by Crippen LogP contribution is 2.24. The lowest BCUT2D eigenvalue weighted by molar-refractivity contribution is -0.126. The highest BCUT2D eigenvalue weighted by Gasteiger charge is 2.33. The predicted octanol–water partition coefficient (Wildman–Crippen LogP) is 1.29. The van der Waals surface area contributed by atoms with Gasteiger partial charge in [0.05, 0.1) is 10.8 Å². The highest BCUT2D eigenvalue weighted by molar-refractivity contribution is 7.89. The third-order valence-corrected chi connectivity index (χ3v) is 6.17. The number of nitrogens with zero attached hydrogens (tertiary/aromatic N) is 2.